The van der Waals surface area contributed by atoms with Crippen molar-refractivity contribution in [1.82, 2.24) is 19.9 Å². The highest BCUT2D eigenvalue weighted by atomic mass is 16.3. The van der Waals surface area contributed by atoms with Crippen molar-refractivity contribution in [3.63, 3.8) is 0 Å². The van der Waals surface area contributed by atoms with Crippen molar-refractivity contribution in [2.24, 2.45) is 0 Å². The third-order valence-electron chi connectivity index (χ3n) is 3.92. The van der Waals surface area contributed by atoms with Gasteiger partial charge in [-0.25, -0.2) is 4.68 Å². The van der Waals surface area contributed by atoms with Gasteiger partial charge < -0.3 is 10.0 Å². The second kappa shape index (κ2) is 4.43. The summed E-state index contributed by atoms with van der Waals surface area (Å²) in [7, 11) is 2.03. The van der Waals surface area contributed by atoms with Crippen LogP contribution in [0.3, 0.4) is 0 Å². The summed E-state index contributed by atoms with van der Waals surface area (Å²) in [6.07, 6.45) is 2.36. The predicted molar refractivity (Wildman–Crippen MR) is 72.0 cm³/mol. The topological polar surface area (TPSA) is 54.2 Å². The first-order valence-corrected chi connectivity index (χ1v) is 6.49. The summed E-state index contributed by atoms with van der Waals surface area (Å²) in [6, 6.07) is 10.1. The van der Waals surface area contributed by atoms with Crippen molar-refractivity contribution in [3.05, 3.63) is 42.2 Å². The van der Waals surface area contributed by atoms with Gasteiger partial charge in [-0.15, -0.1) is 5.10 Å². The maximum Gasteiger partial charge on any atom is 0.122 e. The summed E-state index contributed by atoms with van der Waals surface area (Å²) in [4.78, 5) is 2.16. The van der Waals surface area contributed by atoms with Gasteiger partial charge in [-0.3, -0.25) is 0 Å². The van der Waals surface area contributed by atoms with E-state index >= 15 is 0 Å². The molecular weight excluding hydrogens is 240 g/mol. The summed E-state index contributed by atoms with van der Waals surface area (Å²) in [5.74, 6) is 0. The quantitative estimate of drug-likeness (QED) is 0.879. The van der Waals surface area contributed by atoms with E-state index in [4.69, 9.17) is 0 Å². The summed E-state index contributed by atoms with van der Waals surface area (Å²) < 4.78 is 1.73. The van der Waals surface area contributed by atoms with Gasteiger partial charge in [0.1, 0.15) is 5.60 Å². The molecule has 1 aliphatic heterocycles. The van der Waals surface area contributed by atoms with Crippen molar-refractivity contribution in [1.29, 1.82) is 0 Å². The van der Waals surface area contributed by atoms with E-state index in [-0.39, 0.29) is 0 Å². The van der Waals surface area contributed by atoms with Gasteiger partial charge in [0, 0.05) is 12.6 Å². The minimum atomic E-state index is -0.881. The van der Waals surface area contributed by atoms with E-state index < -0.39 is 5.60 Å². The van der Waals surface area contributed by atoms with E-state index in [0.29, 0.717) is 19.0 Å². The largest absolute Gasteiger partial charge is 0.382 e. The average molecular weight is 258 g/mol. The molecule has 2 heterocycles. The van der Waals surface area contributed by atoms with Crippen molar-refractivity contribution in [3.8, 4) is 5.69 Å². The molecule has 2 aromatic rings. The fourth-order valence-corrected chi connectivity index (χ4v) is 2.78. The van der Waals surface area contributed by atoms with Crippen LogP contribution in [0.5, 0.6) is 0 Å². The van der Waals surface area contributed by atoms with E-state index in [9.17, 15) is 5.11 Å². The zero-order chi connectivity index (χ0) is 13.5. The van der Waals surface area contributed by atoms with Crippen LogP contribution in [0.25, 0.3) is 5.69 Å². The van der Waals surface area contributed by atoms with Gasteiger partial charge in [-0.2, -0.15) is 0 Å². The Kier molecular flexibility index (Phi) is 2.88. The molecule has 1 fully saturated rings. The smallest absolute Gasteiger partial charge is 0.122 e. The summed E-state index contributed by atoms with van der Waals surface area (Å²) in [6.45, 7) is 2.73. The number of β-amino-alcohol motifs (C(OH)–C–C–N with tert-alkyl or cyclic N) is 1. The molecule has 2 unspecified atom stereocenters. The van der Waals surface area contributed by atoms with Crippen molar-refractivity contribution >= 4 is 0 Å². The number of aliphatic hydroxyl groups is 1. The highest BCUT2D eigenvalue weighted by molar-refractivity contribution is 5.33. The molecule has 3 rings (SSSR count). The Morgan fingerprint density at radius 1 is 1.32 bits per heavy atom. The van der Waals surface area contributed by atoms with Crippen LogP contribution in [0.2, 0.25) is 0 Å². The van der Waals surface area contributed by atoms with Gasteiger partial charge in [0.25, 0.3) is 0 Å². The van der Waals surface area contributed by atoms with Crippen LogP contribution in [0.1, 0.15) is 19.0 Å². The molecule has 1 aliphatic rings. The van der Waals surface area contributed by atoms with Crippen LogP contribution in [0.4, 0.5) is 0 Å². The molecule has 1 aromatic heterocycles. The zero-order valence-electron chi connectivity index (χ0n) is 11.2. The SMILES string of the molecule is CC1CC(O)(c2cnnn2-c2ccccc2)CN1C. The number of rotatable bonds is 2. The second-order valence-corrected chi connectivity index (χ2v) is 5.37. The van der Waals surface area contributed by atoms with E-state index in [1.807, 2.05) is 37.4 Å². The maximum absolute atomic E-state index is 10.9. The third-order valence-corrected chi connectivity index (χ3v) is 3.92. The molecule has 0 bridgehead atoms. The van der Waals surface area contributed by atoms with Crippen molar-refractivity contribution in [2.75, 3.05) is 13.6 Å². The molecule has 0 aliphatic carbocycles. The lowest BCUT2D eigenvalue weighted by molar-refractivity contribution is 0.0416. The minimum Gasteiger partial charge on any atom is -0.382 e. The Morgan fingerprint density at radius 2 is 2.05 bits per heavy atom. The Hall–Kier alpha value is -1.72. The minimum absolute atomic E-state index is 0.351. The third kappa shape index (κ3) is 2.05. The summed E-state index contributed by atoms with van der Waals surface area (Å²) >= 11 is 0. The van der Waals surface area contributed by atoms with Gasteiger partial charge in [0.2, 0.25) is 0 Å². The number of hydrogen-bond acceptors (Lipinski definition) is 4. The standard InChI is InChI=1S/C14H18N4O/c1-11-8-14(19,10-17(11)2)13-9-15-16-18(13)12-6-4-3-5-7-12/h3-7,9,11,19H,8,10H2,1-2H3. The number of nitrogens with zero attached hydrogens (tertiary/aromatic N) is 4. The number of benzene rings is 1. The molecule has 1 N–H and O–H groups in total. The number of likely N-dealkylation sites (tertiary alicyclic amines) is 1. The number of aromatic nitrogens is 3. The number of likely N-dealkylation sites (N-methyl/N-ethyl adjacent to an activating group) is 1. The Labute approximate surface area is 112 Å². The highest BCUT2D eigenvalue weighted by Gasteiger charge is 2.43. The van der Waals surface area contributed by atoms with Gasteiger partial charge in [0.15, 0.2) is 0 Å². The first-order chi connectivity index (χ1) is 9.10. The first kappa shape index (κ1) is 12.3. The second-order valence-electron chi connectivity index (χ2n) is 5.37. The van der Waals surface area contributed by atoms with Crippen molar-refractivity contribution in [2.45, 2.75) is 25.0 Å². The monoisotopic (exact) mass is 258 g/mol. The van der Waals surface area contributed by atoms with Crippen LogP contribution in [-0.2, 0) is 5.60 Å². The molecule has 0 spiro atoms. The van der Waals surface area contributed by atoms with Gasteiger partial charge in [0.05, 0.1) is 17.6 Å². The predicted octanol–water partition coefficient (Wildman–Crippen LogP) is 1.18. The van der Waals surface area contributed by atoms with E-state index in [0.717, 1.165) is 11.4 Å². The summed E-state index contributed by atoms with van der Waals surface area (Å²) in [5.41, 5.74) is 0.800. The molecule has 2 atom stereocenters. The Balaban J connectivity index is 2.02. The normalized spacial score (nSPS) is 27.8. The Bertz CT molecular complexity index is 556. The lowest BCUT2D eigenvalue weighted by atomic mass is 9.97. The zero-order valence-corrected chi connectivity index (χ0v) is 11.2. The maximum atomic E-state index is 10.9. The van der Waals surface area contributed by atoms with Crippen LogP contribution >= 0.6 is 0 Å². The molecule has 0 saturated carbocycles. The van der Waals surface area contributed by atoms with Crippen LogP contribution in [0, 0.1) is 0 Å². The fourth-order valence-electron chi connectivity index (χ4n) is 2.78. The van der Waals surface area contributed by atoms with Crippen LogP contribution < -0.4 is 0 Å². The van der Waals surface area contributed by atoms with Crippen LogP contribution in [-0.4, -0.2) is 44.6 Å². The molecule has 1 aromatic carbocycles. The van der Waals surface area contributed by atoms with E-state index in [1.165, 1.54) is 0 Å². The number of hydrogen-bond donors (Lipinski definition) is 1. The highest BCUT2D eigenvalue weighted by Crippen LogP contribution is 2.35. The Morgan fingerprint density at radius 3 is 2.68 bits per heavy atom. The van der Waals surface area contributed by atoms with E-state index in [1.54, 1.807) is 10.9 Å². The van der Waals surface area contributed by atoms with Crippen LogP contribution in [0.15, 0.2) is 36.5 Å². The molecule has 5 heteroatoms. The van der Waals surface area contributed by atoms with Crippen molar-refractivity contribution < 1.29 is 5.11 Å². The molecular formula is C14H18N4O. The van der Waals surface area contributed by atoms with Gasteiger partial charge in [-0.1, -0.05) is 23.4 Å². The lowest BCUT2D eigenvalue weighted by Crippen LogP contribution is -2.31. The van der Waals surface area contributed by atoms with Gasteiger partial charge >= 0.3 is 0 Å². The molecule has 5 nitrogen and oxygen atoms in total. The fraction of sp³-hybridized carbons (Fsp3) is 0.429. The average Bonchev–Trinajstić information content (AvgIpc) is 2.97. The summed E-state index contributed by atoms with van der Waals surface area (Å²) in [5, 5.41) is 19.0. The molecule has 1 saturated heterocycles. The lowest BCUT2D eigenvalue weighted by Gasteiger charge is -2.22. The van der Waals surface area contributed by atoms with Gasteiger partial charge in [-0.05, 0) is 32.5 Å². The molecule has 19 heavy (non-hydrogen) atoms. The molecule has 0 amide bonds. The molecule has 0 radical (unpaired) electrons. The number of para-hydroxylation sites is 1. The van der Waals surface area contributed by atoms with E-state index in [2.05, 4.69) is 22.1 Å². The first-order valence-electron chi connectivity index (χ1n) is 6.49. The molecule has 100 valence electrons.